The highest BCUT2D eigenvalue weighted by Crippen LogP contribution is 2.57. The summed E-state index contributed by atoms with van der Waals surface area (Å²) < 4.78 is 4.69. The van der Waals surface area contributed by atoms with Crippen molar-refractivity contribution in [1.82, 2.24) is 0 Å². The Morgan fingerprint density at radius 1 is 1.67 bits per heavy atom. The first-order valence-corrected chi connectivity index (χ1v) is 4.72. The Morgan fingerprint density at radius 2 is 2.33 bits per heavy atom. The Labute approximate surface area is 89.6 Å². The molecule has 2 unspecified atom stereocenters. The molecule has 1 fully saturated rings. The smallest absolute Gasteiger partial charge is 0.309 e. The highest BCUT2D eigenvalue weighted by Gasteiger charge is 2.62. The van der Waals surface area contributed by atoms with E-state index in [1.165, 1.54) is 7.11 Å². The lowest BCUT2D eigenvalue weighted by atomic mass is 10.1. The van der Waals surface area contributed by atoms with E-state index in [0.717, 1.165) is 0 Å². The molecule has 15 heavy (non-hydrogen) atoms. The molecule has 0 aliphatic heterocycles. The second-order valence-electron chi connectivity index (χ2n) is 4.08. The maximum atomic E-state index is 11.3. The monoisotopic (exact) mass is 209 g/mol. The van der Waals surface area contributed by atoms with Gasteiger partial charge in [0.2, 0.25) is 0 Å². The molecule has 0 heterocycles. The predicted octanol–water partition coefficient (Wildman–Crippen LogP) is 1.07. The molecule has 0 aromatic rings. The summed E-state index contributed by atoms with van der Waals surface area (Å²) in [7, 11) is 1.39. The average molecular weight is 209 g/mol. The van der Waals surface area contributed by atoms with E-state index in [9.17, 15) is 4.79 Å². The number of esters is 1. The summed E-state index contributed by atoms with van der Waals surface area (Å²) in [6.45, 7) is 4.13. The van der Waals surface area contributed by atoms with Crippen molar-refractivity contribution in [1.29, 1.82) is 0 Å². The molecule has 0 aromatic carbocycles. The second kappa shape index (κ2) is 4.35. The van der Waals surface area contributed by atoms with Gasteiger partial charge in [-0.2, -0.15) is 0 Å². The number of carbonyl (C=O) groups is 1. The molecule has 1 aliphatic rings. The Balaban J connectivity index is 2.48. The Hall–Kier alpha value is -1.50. The first-order valence-electron chi connectivity index (χ1n) is 4.72. The molecule has 1 saturated carbocycles. The van der Waals surface area contributed by atoms with Gasteiger partial charge in [0.15, 0.2) is 6.61 Å². The van der Waals surface area contributed by atoms with Gasteiger partial charge in [-0.3, -0.25) is 4.79 Å². The number of methoxy groups -OCH3 is 1. The molecule has 0 N–H and O–H groups in total. The molecule has 4 heteroatoms. The number of rotatable bonds is 4. The van der Waals surface area contributed by atoms with Gasteiger partial charge in [-0.05, 0) is 5.41 Å². The van der Waals surface area contributed by atoms with Gasteiger partial charge in [0, 0.05) is 12.1 Å². The molecule has 82 valence electrons. The first kappa shape index (κ1) is 11.6. The van der Waals surface area contributed by atoms with E-state index >= 15 is 0 Å². The third kappa shape index (κ3) is 2.30. The number of hydrogen-bond donors (Lipinski definition) is 0. The molecule has 0 bridgehead atoms. The summed E-state index contributed by atoms with van der Waals surface area (Å²) in [6.07, 6.45) is 6.61. The molecule has 1 rings (SSSR count). The van der Waals surface area contributed by atoms with Gasteiger partial charge in [-0.1, -0.05) is 24.9 Å². The SMILES string of the molecule is C#CCO/N=C/C1C(C(=O)OC)C1(C)C. The largest absolute Gasteiger partial charge is 0.469 e. The van der Waals surface area contributed by atoms with E-state index in [0.29, 0.717) is 0 Å². The lowest BCUT2D eigenvalue weighted by molar-refractivity contribution is -0.143. The summed E-state index contributed by atoms with van der Waals surface area (Å²) in [5.74, 6) is 2.05. The molecule has 2 atom stereocenters. The maximum absolute atomic E-state index is 11.3. The fourth-order valence-electron chi connectivity index (χ4n) is 1.72. The van der Waals surface area contributed by atoms with Crippen molar-refractivity contribution in [2.45, 2.75) is 13.8 Å². The van der Waals surface area contributed by atoms with Gasteiger partial charge < -0.3 is 9.57 Å². The van der Waals surface area contributed by atoms with Crippen LogP contribution in [0.2, 0.25) is 0 Å². The van der Waals surface area contributed by atoms with Crippen molar-refractivity contribution < 1.29 is 14.4 Å². The fourth-order valence-corrected chi connectivity index (χ4v) is 1.72. The van der Waals surface area contributed by atoms with Crippen molar-refractivity contribution in [3.8, 4) is 12.3 Å². The molecular formula is C11H15NO3. The number of terminal acetylenes is 1. The van der Waals surface area contributed by atoms with Gasteiger partial charge in [-0.25, -0.2) is 0 Å². The van der Waals surface area contributed by atoms with Crippen LogP contribution in [0.3, 0.4) is 0 Å². The molecule has 0 saturated heterocycles. The fraction of sp³-hybridized carbons (Fsp3) is 0.636. The predicted molar refractivity (Wildman–Crippen MR) is 56.1 cm³/mol. The Bertz CT molecular complexity index is 314. The van der Waals surface area contributed by atoms with E-state index in [-0.39, 0.29) is 29.8 Å². The number of oxime groups is 1. The lowest BCUT2D eigenvalue weighted by Gasteiger charge is -1.98. The van der Waals surface area contributed by atoms with Gasteiger partial charge in [-0.15, -0.1) is 6.42 Å². The highest BCUT2D eigenvalue weighted by atomic mass is 16.6. The first-order chi connectivity index (χ1) is 7.05. The zero-order chi connectivity index (χ0) is 11.5. The van der Waals surface area contributed by atoms with E-state index in [1.807, 2.05) is 13.8 Å². The standard InChI is InChI=1S/C11H15NO3/c1-5-6-15-12-7-8-9(10(13)14-4)11(8,2)3/h1,7-9H,6H2,2-4H3/b12-7+. The van der Waals surface area contributed by atoms with Crippen LogP contribution in [-0.2, 0) is 14.4 Å². The van der Waals surface area contributed by atoms with Crippen LogP contribution in [0.25, 0.3) is 0 Å². The van der Waals surface area contributed by atoms with Crippen LogP contribution in [0.1, 0.15) is 13.8 Å². The zero-order valence-corrected chi connectivity index (χ0v) is 9.19. The van der Waals surface area contributed by atoms with Crippen LogP contribution in [-0.4, -0.2) is 25.9 Å². The van der Waals surface area contributed by atoms with Crippen LogP contribution < -0.4 is 0 Å². The number of ether oxygens (including phenoxy) is 1. The molecular weight excluding hydrogens is 194 g/mol. The van der Waals surface area contributed by atoms with E-state index in [2.05, 4.69) is 11.1 Å². The molecule has 0 radical (unpaired) electrons. The topological polar surface area (TPSA) is 47.9 Å². The van der Waals surface area contributed by atoms with E-state index < -0.39 is 0 Å². The Morgan fingerprint density at radius 3 is 2.87 bits per heavy atom. The van der Waals surface area contributed by atoms with E-state index in [1.54, 1.807) is 6.21 Å². The van der Waals surface area contributed by atoms with Crippen molar-refractivity contribution in [2.75, 3.05) is 13.7 Å². The third-order valence-electron chi connectivity index (χ3n) is 2.81. The number of hydrogen-bond acceptors (Lipinski definition) is 4. The lowest BCUT2D eigenvalue weighted by Crippen LogP contribution is -2.07. The van der Waals surface area contributed by atoms with Gasteiger partial charge in [0.1, 0.15) is 0 Å². The normalized spacial score (nSPS) is 27.1. The second-order valence-corrected chi connectivity index (χ2v) is 4.08. The van der Waals surface area contributed by atoms with Crippen molar-refractivity contribution in [3.05, 3.63) is 0 Å². The highest BCUT2D eigenvalue weighted by molar-refractivity contribution is 5.85. The van der Waals surface area contributed by atoms with Crippen molar-refractivity contribution in [3.63, 3.8) is 0 Å². The molecule has 1 aliphatic carbocycles. The quantitative estimate of drug-likeness (QED) is 0.229. The van der Waals surface area contributed by atoms with Crippen LogP contribution in [0.5, 0.6) is 0 Å². The van der Waals surface area contributed by atoms with Gasteiger partial charge in [0.05, 0.1) is 13.0 Å². The molecule has 4 nitrogen and oxygen atoms in total. The van der Waals surface area contributed by atoms with Crippen LogP contribution in [0.15, 0.2) is 5.16 Å². The zero-order valence-electron chi connectivity index (χ0n) is 9.19. The summed E-state index contributed by atoms with van der Waals surface area (Å²) >= 11 is 0. The summed E-state index contributed by atoms with van der Waals surface area (Å²) in [4.78, 5) is 16.1. The summed E-state index contributed by atoms with van der Waals surface area (Å²) in [5.41, 5.74) is -0.101. The third-order valence-corrected chi connectivity index (χ3v) is 2.81. The van der Waals surface area contributed by atoms with E-state index in [4.69, 9.17) is 16.0 Å². The minimum Gasteiger partial charge on any atom is -0.469 e. The molecule has 0 amide bonds. The molecule has 0 spiro atoms. The average Bonchev–Trinajstić information content (AvgIpc) is 2.74. The van der Waals surface area contributed by atoms with Gasteiger partial charge >= 0.3 is 5.97 Å². The van der Waals surface area contributed by atoms with Crippen molar-refractivity contribution in [2.24, 2.45) is 22.4 Å². The van der Waals surface area contributed by atoms with Gasteiger partial charge in [0.25, 0.3) is 0 Å². The summed E-state index contributed by atoms with van der Waals surface area (Å²) in [6, 6.07) is 0. The number of carbonyl (C=O) groups excluding carboxylic acids is 1. The maximum Gasteiger partial charge on any atom is 0.309 e. The van der Waals surface area contributed by atoms with Crippen molar-refractivity contribution >= 4 is 12.2 Å². The Kier molecular flexibility index (Phi) is 3.35. The molecule has 0 aromatic heterocycles. The minimum atomic E-state index is -0.201. The number of nitrogens with zero attached hydrogens (tertiary/aromatic N) is 1. The van der Waals surface area contributed by atoms with Crippen LogP contribution >= 0.6 is 0 Å². The van der Waals surface area contributed by atoms with Crippen LogP contribution in [0.4, 0.5) is 0 Å². The van der Waals surface area contributed by atoms with Crippen LogP contribution in [0, 0.1) is 29.6 Å². The minimum absolute atomic E-state index is 0.0720. The summed E-state index contributed by atoms with van der Waals surface area (Å²) in [5, 5.41) is 3.71.